The minimum Gasteiger partial charge on any atom is -0.467 e. The van der Waals surface area contributed by atoms with Crippen molar-refractivity contribution in [1.82, 2.24) is 10.2 Å². The van der Waals surface area contributed by atoms with E-state index in [2.05, 4.69) is 10.1 Å². The van der Waals surface area contributed by atoms with E-state index in [1.54, 1.807) is 14.2 Å². The molecule has 19 heavy (non-hydrogen) atoms. The first-order valence-corrected chi connectivity index (χ1v) is 6.14. The first-order valence-electron chi connectivity index (χ1n) is 6.14. The Morgan fingerprint density at radius 3 is 2.11 bits per heavy atom. The van der Waals surface area contributed by atoms with E-state index in [0.29, 0.717) is 19.6 Å². The smallest absolute Gasteiger partial charge is 0.329 e. The van der Waals surface area contributed by atoms with Gasteiger partial charge in [-0.3, -0.25) is 9.69 Å². The second-order valence-electron chi connectivity index (χ2n) is 4.54. The topological polar surface area (TPSA) is 77.1 Å². The highest BCUT2D eigenvalue weighted by Crippen LogP contribution is 2.16. The standard InChI is InChI=1S/C12H22N2O5/c1-8(15)13-9(12(16)19-4)5-14-6-10(17-2)11(7-14)18-3/h9-11H,5-7H2,1-4H3,(H,13,15). The second kappa shape index (κ2) is 7.42. The summed E-state index contributed by atoms with van der Waals surface area (Å²) in [6.45, 7) is 3.06. The minimum absolute atomic E-state index is 0.0272. The summed E-state index contributed by atoms with van der Waals surface area (Å²) in [7, 11) is 4.56. The number of hydrogen-bond donors (Lipinski definition) is 1. The molecular weight excluding hydrogens is 252 g/mol. The highest BCUT2D eigenvalue weighted by Gasteiger charge is 2.35. The van der Waals surface area contributed by atoms with Crippen LogP contribution in [-0.4, -0.2) is 76.0 Å². The number of methoxy groups -OCH3 is 3. The molecule has 1 rings (SSSR count). The molecular formula is C12H22N2O5. The second-order valence-corrected chi connectivity index (χ2v) is 4.54. The highest BCUT2D eigenvalue weighted by molar-refractivity contribution is 5.83. The van der Waals surface area contributed by atoms with Gasteiger partial charge < -0.3 is 19.5 Å². The molecule has 0 aromatic rings. The zero-order valence-electron chi connectivity index (χ0n) is 11.8. The number of esters is 1. The van der Waals surface area contributed by atoms with Crippen molar-refractivity contribution in [3.63, 3.8) is 0 Å². The maximum Gasteiger partial charge on any atom is 0.329 e. The van der Waals surface area contributed by atoms with Gasteiger partial charge in [0, 0.05) is 40.8 Å². The number of carbonyl (C=O) groups excluding carboxylic acids is 2. The molecule has 1 saturated heterocycles. The Balaban J connectivity index is 2.60. The van der Waals surface area contributed by atoms with E-state index in [1.165, 1.54) is 14.0 Å². The number of nitrogens with zero attached hydrogens (tertiary/aromatic N) is 1. The number of nitrogens with one attached hydrogen (secondary N) is 1. The lowest BCUT2D eigenvalue weighted by molar-refractivity contribution is -0.145. The van der Waals surface area contributed by atoms with Gasteiger partial charge in [0.25, 0.3) is 0 Å². The van der Waals surface area contributed by atoms with Gasteiger partial charge in [0.2, 0.25) is 5.91 Å². The van der Waals surface area contributed by atoms with Crippen LogP contribution in [0.25, 0.3) is 0 Å². The van der Waals surface area contributed by atoms with E-state index in [9.17, 15) is 9.59 Å². The zero-order chi connectivity index (χ0) is 14.4. The third-order valence-electron chi connectivity index (χ3n) is 3.20. The van der Waals surface area contributed by atoms with Crippen LogP contribution in [0.3, 0.4) is 0 Å². The predicted octanol–water partition coefficient (Wildman–Crippen LogP) is -0.990. The Labute approximate surface area is 113 Å². The van der Waals surface area contributed by atoms with Gasteiger partial charge in [-0.1, -0.05) is 0 Å². The Morgan fingerprint density at radius 1 is 1.21 bits per heavy atom. The van der Waals surface area contributed by atoms with Crippen LogP contribution in [0.4, 0.5) is 0 Å². The third kappa shape index (κ3) is 4.45. The molecule has 110 valence electrons. The van der Waals surface area contributed by atoms with Gasteiger partial charge in [0.05, 0.1) is 19.3 Å². The lowest BCUT2D eigenvalue weighted by Crippen LogP contribution is -2.48. The number of likely N-dealkylation sites (tertiary alicyclic amines) is 1. The van der Waals surface area contributed by atoms with Crippen LogP contribution in [0.5, 0.6) is 0 Å². The van der Waals surface area contributed by atoms with Crippen molar-refractivity contribution < 1.29 is 23.8 Å². The zero-order valence-corrected chi connectivity index (χ0v) is 11.8. The molecule has 3 atom stereocenters. The quantitative estimate of drug-likeness (QED) is 0.627. The SMILES string of the molecule is COC(=O)C(CN1CC(OC)C(OC)C1)NC(C)=O. The van der Waals surface area contributed by atoms with E-state index >= 15 is 0 Å². The van der Waals surface area contributed by atoms with Crippen LogP contribution < -0.4 is 5.32 Å². The molecule has 1 aliphatic rings. The van der Waals surface area contributed by atoms with Crippen LogP contribution in [0.15, 0.2) is 0 Å². The van der Waals surface area contributed by atoms with Crippen molar-refractivity contribution in [1.29, 1.82) is 0 Å². The molecule has 1 amide bonds. The molecule has 0 saturated carbocycles. The van der Waals surface area contributed by atoms with Crippen LogP contribution in [0, 0.1) is 0 Å². The van der Waals surface area contributed by atoms with Gasteiger partial charge in [-0.15, -0.1) is 0 Å². The summed E-state index contributed by atoms with van der Waals surface area (Å²) in [6.07, 6.45) is -0.0544. The monoisotopic (exact) mass is 274 g/mol. The number of carbonyl (C=O) groups is 2. The fourth-order valence-corrected chi connectivity index (χ4v) is 2.25. The van der Waals surface area contributed by atoms with Crippen molar-refractivity contribution >= 4 is 11.9 Å². The molecule has 1 fully saturated rings. The van der Waals surface area contributed by atoms with Gasteiger partial charge in [0.15, 0.2) is 0 Å². The minimum atomic E-state index is -0.671. The van der Waals surface area contributed by atoms with Gasteiger partial charge >= 0.3 is 5.97 Å². The van der Waals surface area contributed by atoms with E-state index < -0.39 is 12.0 Å². The lowest BCUT2D eigenvalue weighted by atomic mass is 10.2. The summed E-state index contributed by atoms with van der Waals surface area (Å²) in [4.78, 5) is 24.7. The maximum absolute atomic E-state index is 11.6. The number of amides is 1. The van der Waals surface area contributed by atoms with Crippen molar-refractivity contribution in [2.24, 2.45) is 0 Å². The molecule has 0 spiro atoms. The number of hydrogen-bond acceptors (Lipinski definition) is 6. The van der Waals surface area contributed by atoms with Crippen LogP contribution in [0.1, 0.15) is 6.92 Å². The molecule has 0 aromatic heterocycles. The van der Waals surface area contributed by atoms with E-state index in [1.807, 2.05) is 4.90 Å². The number of rotatable bonds is 6. The van der Waals surface area contributed by atoms with Gasteiger partial charge in [-0.05, 0) is 0 Å². The molecule has 1 heterocycles. The van der Waals surface area contributed by atoms with Crippen LogP contribution in [-0.2, 0) is 23.8 Å². The molecule has 7 nitrogen and oxygen atoms in total. The average Bonchev–Trinajstić information content (AvgIpc) is 2.78. The summed E-state index contributed by atoms with van der Waals surface area (Å²) >= 11 is 0. The van der Waals surface area contributed by atoms with Crippen molar-refractivity contribution in [3.8, 4) is 0 Å². The maximum atomic E-state index is 11.6. The summed E-state index contributed by atoms with van der Waals surface area (Å²) in [5.41, 5.74) is 0. The van der Waals surface area contributed by atoms with E-state index in [0.717, 1.165) is 0 Å². The third-order valence-corrected chi connectivity index (χ3v) is 3.20. The summed E-state index contributed by atoms with van der Waals surface area (Å²) in [5, 5.41) is 2.59. The van der Waals surface area contributed by atoms with Crippen molar-refractivity contribution in [3.05, 3.63) is 0 Å². The first kappa shape index (κ1) is 15.9. The molecule has 0 bridgehead atoms. The van der Waals surface area contributed by atoms with Crippen molar-refractivity contribution in [2.75, 3.05) is 41.0 Å². The normalized spacial score (nSPS) is 25.1. The average molecular weight is 274 g/mol. The van der Waals surface area contributed by atoms with Crippen molar-refractivity contribution in [2.45, 2.75) is 25.2 Å². The van der Waals surface area contributed by atoms with Crippen LogP contribution >= 0.6 is 0 Å². The molecule has 3 unspecified atom stereocenters. The Kier molecular flexibility index (Phi) is 6.20. The molecule has 7 heteroatoms. The molecule has 0 aliphatic carbocycles. The van der Waals surface area contributed by atoms with Gasteiger partial charge in [-0.25, -0.2) is 4.79 Å². The van der Waals surface area contributed by atoms with E-state index in [-0.39, 0.29) is 18.1 Å². The number of ether oxygens (including phenoxy) is 3. The largest absolute Gasteiger partial charge is 0.467 e. The molecule has 0 radical (unpaired) electrons. The van der Waals surface area contributed by atoms with Gasteiger partial charge in [-0.2, -0.15) is 0 Å². The summed E-state index contributed by atoms with van der Waals surface area (Å²) in [5.74, 6) is -0.716. The molecule has 0 aromatic carbocycles. The fraction of sp³-hybridized carbons (Fsp3) is 0.833. The Hall–Kier alpha value is -1.18. The van der Waals surface area contributed by atoms with Gasteiger partial charge in [0.1, 0.15) is 6.04 Å². The Morgan fingerprint density at radius 2 is 1.74 bits per heavy atom. The fourth-order valence-electron chi connectivity index (χ4n) is 2.25. The summed E-state index contributed by atoms with van der Waals surface area (Å²) < 4.78 is 15.3. The molecule has 1 aliphatic heterocycles. The van der Waals surface area contributed by atoms with Crippen LogP contribution in [0.2, 0.25) is 0 Å². The predicted molar refractivity (Wildman–Crippen MR) is 67.7 cm³/mol. The first-order chi connectivity index (χ1) is 9.01. The van der Waals surface area contributed by atoms with E-state index in [4.69, 9.17) is 9.47 Å². The lowest BCUT2D eigenvalue weighted by Gasteiger charge is -2.22. The molecule has 1 N–H and O–H groups in total. The highest BCUT2D eigenvalue weighted by atomic mass is 16.5. The summed E-state index contributed by atoms with van der Waals surface area (Å²) in [6, 6.07) is -0.671. The Bertz CT molecular complexity index is 311.